The highest BCUT2D eigenvalue weighted by Gasteiger charge is 2.13. The van der Waals surface area contributed by atoms with E-state index in [2.05, 4.69) is 37.4 Å². The minimum atomic E-state index is -0.456. The maximum absolute atomic E-state index is 13.6. The average molecular weight is 560 g/mol. The fourth-order valence-corrected chi connectivity index (χ4v) is 4.55. The Morgan fingerprint density at radius 1 is 1.10 bits per heavy atom. The van der Waals surface area contributed by atoms with Crippen molar-refractivity contribution in [1.82, 2.24) is 15.3 Å². The molecule has 0 spiro atoms. The quantitative estimate of drug-likeness (QED) is 0.0830. The number of hydrogen-bond donors (Lipinski definition) is 6. The Morgan fingerprint density at radius 2 is 1.85 bits per heavy atom. The fourth-order valence-electron chi connectivity index (χ4n) is 4.55. The smallest absolute Gasteiger partial charge is 0.253 e. The van der Waals surface area contributed by atoms with Crippen LogP contribution in [-0.4, -0.2) is 33.4 Å². The van der Waals surface area contributed by atoms with Gasteiger partial charge in [-0.3, -0.25) is 9.59 Å². The molecule has 0 aliphatic carbocycles. The highest BCUT2D eigenvalue weighted by Crippen LogP contribution is 2.35. The lowest BCUT2D eigenvalue weighted by molar-refractivity contribution is -0.116. The van der Waals surface area contributed by atoms with Crippen LogP contribution in [0.25, 0.3) is 23.7 Å². The number of H-pyrrole nitrogens is 2. The van der Waals surface area contributed by atoms with E-state index < -0.39 is 5.82 Å². The third-order valence-electron chi connectivity index (χ3n) is 6.71. The second-order valence-electron chi connectivity index (χ2n) is 9.78. The number of nitrogen functional groups attached to an aromatic ring is 1. The number of amides is 2. The zero-order valence-corrected chi connectivity index (χ0v) is 22.9. The molecule has 0 unspecified atom stereocenters. The molecule has 4 rings (SSSR count). The first-order valence-electron chi connectivity index (χ1n) is 13.5. The number of azo groups is 1. The molecule has 0 atom stereocenters. The largest absolute Gasteiger partial charge is 0.493 e. The Balaban J connectivity index is 1.21. The molecule has 0 radical (unpaired) electrons. The van der Waals surface area contributed by atoms with Crippen LogP contribution in [0, 0.1) is 12.7 Å². The van der Waals surface area contributed by atoms with Crippen LogP contribution in [0.15, 0.2) is 52.7 Å². The summed E-state index contributed by atoms with van der Waals surface area (Å²) in [7, 11) is 0. The number of para-hydroxylation sites is 2. The van der Waals surface area contributed by atoms with Gasteiger partial charge in [-0.1, -0.05) is 38.0 Å². The molecular formula is C30H34FN7O3. The number of hydrogen-bond acceptors (Lipinski definition) is 6. The summed E-state index contributed by atoms with van der Waals surface area (Å²) in [5, 5.41) is 25.3. The SMILES string of the molecule is C=c1c(C(=O)NCCCCCCCC(=O)Nc2ccccc2N)c(C)[nH]c1=CN=Nc1c(O)[nH]c2ccc(F)cc12. The van der Waals surface area contributed by atoms with Gasteiger partial charge in [0.05, 0.1) is 34.0 Å². The molecule has 10 nitrogen and oxygen atoms in total. The number of carbonyl (C=O) groups excluding carboxylic acids is 2. The van der Waals surface area contributed by atoms with E-state index in [-0.39, 0.29) is 23.4 Å². The van der Waals surface area contributed by atoms with E-state index in [1.54, 1.807) is 19.1 Å². The van der Waals surface area contributed by atoms with Gasteiger partial charge >= 0.3 is 0 Å². The van der Waals surface area contributed by atoms with E-state index in [1.165, 1.54) is 24.4 Å². The highest BCUT2D eigenvalue weighted by atomic mass is 19.1. The minimum absolute atomic E-state index is 0.0504. The van der Waals surface area contributed by atoms with Crippen LogP contribution in [0.3, 0.4) is 0 Å². The van der Waals surface area contributed by atoms with Gasteiger partial charge in [-0.2, -0.15) is 5.11 Å². The summed E-state index contributed by atoms with van der Waals surface area (Å²) in [5.41, 5.74) is 8.75. The lowest BCUT2D eigenvalue weighted by Gasteiger charge is -2.08. The predicted octanol–water partition coefficient (Wildman–Crippen LogP) is 4.87. The molecule has 2 aromatic carbocycles. The molecular weight excluding hydrogens is 525 g/mol. The molecule has 11 heteroatoms. The minimum Gasteiger partial charge on any atom is -0.493 e. The van der Waals surface area contributed by atoms with Crippen LogP contribution >= 0.6 is 0 Å². The van der Waals surface area contributed by atoms with Crippen molar-refractivity contribution in [3.05, 3.63) is 70.1 Å². The molecule has 214 valence electrons. The van der Waals surface area contributed by atoms with Crippen LogP contribution in [0.4, 0.5) is 21.5 Å². The molecule has 2 aromatic heterocycles. The number of carbonyl (C=O) groups is 2. The zero-order chi connectivity index (χ0) is 29.4. The molecule has 2 amide bonds. The number of benzene rings is 2. The molecule has 4 aromatic rings. The van der Waals surface area contributed by atoms with Crippen molar-refractivity contribution in [1.29, 1.82) is 0 Å². The van der Waals surface area contributed by atoms with E-state index in [0.29, 0.717) is 57.1 Å². The van der Waals surface area contributed by atoms with Crippen LogP contribution < -0.4 is 26.9 Å². The maximum Gasteiger partial charge on any atom is 0.253 e. The Morgan fingerprint density at radius 3 is 2.66 bits per heavy atom. The Labute approximate surface area is 236 Å². The molecule has 41 heavy (non-hydrogen) atoms. The monoisotopic (exact) mass is 559 g/mol. The number of rotatable bonds is 12. The van der Waals surface area contributed by atoms with Gasteiger partial charge in [0.1, 0.15) is 5.82 Å². The van der Waals surface area contributed by atoms with E-state index >= 15 is 0 Å². The number of halogens is 1. The molecule has 2 heterocycles. The van der Waals surface area contributed by atoms with Gasteiger partial charge in [-0.05, 0) is 50.1 Å². The lowest BCUT2D eigenvalue weighted by Crippen LogP contribution is -2.32. The van der Waals surface area contributed by atoms with Crippen molar-refractivity contribution >= 4 is 52.6 Å². The standard InChI is InChI=1S/C30H34FN7O3/c1-18-25(17-34-38-28-21-16-20(31)13-14-23(21)37-30(28)41)35-19(2)27(18)29(40)33-15-9-5-3-4-6-12-26(39)36-24-11-8-7-10-22(24)32/h7-8,10-11,13-14,16-17,35,37,41H,1,3-6,9,12,15,32H2,2H3,(H,33,40)(H,36,39). The van der Waals surface area contributed by atoms with Gasteiger partial charge in [-0.25, -0.2) is 4.39 Å². The molecule has 7 N–H and O–H groups in total. The maximum atomic E-state index is 13.6. The van der Waals surface area contributed by atoms with Crippen LogP contribution in [-0.2, 0) is 4.79 Å². The zero-order valence-electron chi connectivity index (χ0n) is 22.9. The van der Waals surface area contributed by atoms with Crippen molar-refractivity contribution in [3.63, 3.8) is 0 Å². The van der Waals surface area contributed by atoms with Gasteiger partial charge in [0.2, 0.25) is 11.8 Å². The number of aromatic amines is 2. The Bertz CT molecular complexity index is 1690. The van der Waals surface area contributed by atoms with Gasteiger partial charge in [-0.15, -0.1) is 5.11 Å². The van der Waals surface area contributed by atoms with E-state index in [9.17, 15) is 19.1 Å². The number of aromatic hydroxyl groups is 1. The molecule has 0 bridgehead atoms. The van der Waals surface area contributed by atoms with Crippen molar-refractivity contribution in [3.8, 4) is 5.88 Å². The van der Waals surface area contributed by atoms with Crippen molar-refractivity contribution in [2.45, 2.75) is 45.4 Å². The molecule has 0 saturated carbocycles. The van der Waals surface area contributed by atoms with Gasteiger partial charge in [0, 0.05) is 29.3 Å². The average Bonchev–Trinajstić information content (AvgIpc) is 3.40. The first-order chi connectivity index (χ1) is 19.7. The van der Waals surface area contributed by atoms with Gasteiger partial charge < -0.3 is 31.4 Å². The number of aromatic nitrogens is 2. The third-order valence-corrected chi connectivity index (χ3v) is 6.71. The van der Waals surface area contributed by atoms with Crippen LogP contribution in [0.1, 0.15) is 54.6 Å². The lowest BCUT2D eigenvalue weighted by atomic mass is 10.1. The second-order valence-corrected chi connectivity index (χ2v) is 9.78. The molecule has 0 aliphatic heterocycles. The Kier molecular flexibility index (Phi) is 9.51. The number of nitrogens with two attached hydrogens (primary N) is 1. The first kappa shape index (κ1) is 29.1. The summed E-state index contributed by atoms with van der Waals surface area (Å²) in [5.74, 6) is -0.963. The number of nitrogens with one attached hydrogen (secondary N) is 4. The van der Waals surface area contributed by atoms with E-state index in [1.807, 2.05) is 12.1 Å². The summed E-state index contributed by atoms with van der Waals surface area (Å²) >= 11 is 0. The number of nitrogens with zero attached hydrogens (tertiary/aromatic N) is 2. The van der Waals surface area contributed by atoms with Crippen LogP contribution in [0.5, 0.6) is 5.88 Å². The summed E-state index contributed by atoms with van der Waals surface area (Å²) < 4.78 is 13.6. The number of anilines is 2. The summed E-state index contributed by atoms with van der Waals surface area (Å²) in [4.78, 5) is 30.7. The fraction of sp³-hybridized carbons (Fsp3) is 0.267. The highest BCUT2D eigenvalue weighted by molar-refractivity contribution is 5.96. The molecule has 0 saturated heterocycles. The van der Waals surface area contributed by atoms with Gasteiger partial charge in [0.25, 0.3) is 5.91 Å². The van der Waals surface area contributed by atoms with Gasteiger partial charge in [0.15, 0.2) is 5.69 Å². The summed E-state index contributed by atoms with van der Waals surface area (Å²) in [6.45, 7) is 6.30. The molecule has 0 aliphatic rings. The summed E-state index contributed by atoms with van der Waals surface area (Å²) in [6.07, 6.45) is 6.25. The number of aryl methyl sites for hydroxylation is 1. The number of fused-ring (bicyclic) bond motifs is 1. The topological polar surface area (TPSA) is 161 Å². The van der Waals surface area contributed by atoms with Crippen LogP contribution in [0.2, 0.25) is 0 Å². The third kappa shape index (κ3) is 7.38. The first-order valence-corrected chi connectivity index (χ1v) is 13.5. The van der Waals surface area contributed by atoms with E-state index in [4.69, 9.17) is 5.73 Å². The molecule has 0 fully saturated rings. The van der Waals surface area contributed by atoms with E-state index in [0.717, 1.165) is 32.1 Å². The van der Waals surface area contributed by atoms with Crippen molar-refractivity contribution in [2.75, 3.05) is 17.6 Å². The summed E-state index contributed by atoms with van der Waals surface area (Å²) in [6, 6.07) is 11.2. The second kappa shape index (κ2) is 13.4. The van der Waals surface area contributed by atoms with Crippen molar-refractivity contribution < 1.29 is 19.1 Å². The normalized spacial score (nSPS) is 11.9. The Hall–Kier alpha value is -4.93. The predicted molar refractivity (Wildman–Crippen MR) is 159 cm³/mol. The number of unbranched alkanes of at least 4 members (excludes halogenated alkanes) is 4. The van der Waals surface area contributed by atoms with Crippen molar-refractivity contribution in [2.24, 2.45) is 10.2 Å².